The Bertz CT molecular complexity index is 637. The van der Waals surface area contributed by atoms with Crippen LogP contribution < -0.4 is 0 Å². The summed E-state index contributed by atoms with van der Waals surface area (Å²) in [5.41, 5.74) is 4.83. The molecule has 0 radical (unpaired) electrons. The van der Waals surface area contributed by atoms with E-state index in [4.69, 9.17) is 0 Å². The van der Waals surface area contributed by atoms with Crippen LogP contribution in [0.4, 0.5) is 0 Å². The molecule has 0 saturated heterocycles. The molecule has 0 bridgehead atoms. The summed E-state index contributed by atoms with van der Waals surface area (Å²) in [4.78, 5) is 0. The van der Waals surface area contributed by atoms with Crippen molar-refractivity contribution in [2.75, 3.05) is 0 Å². The Morgan fingerprint density at radius 3 is 1.60 bits per heavy atom. The zero-order valence-corrected chi connectivity index (χ0v) is 12.2. The zero-order valence-electron chi connectivity index (χ0n) is 12.2. The Hall–Kier alpha value is -1.60. The average molecular weight is 264 g/mol. The summed E-state index contributed by atoms with van der Waals surface area (Å²) in [5, 5.41) is 10.7. The molecule has 2 aromatic rings. The largest absolute Gasteiger partial charge is 0.389 e. The number of hydrogen-bond acceptors (Lipinski definition) is 1. The van der Waals surface area contributed by atoms with E-state index >= 15 is 0 Å². The Kier molecular flexibility index (Phi) is 2.15. The van der Waals surface area contributed by atoms with Gasteiger partial charge in [-0.3, -0.25) is 0 Å². The topological polar surface area (TPSA) is 20.2 Å². The summed E-state index contributed by atoms with van der Waals surface area (Å²) < 4.78 is 0. The quantitative estimate of drug-likeness (QED) is 0.818. The number of fused-ring (bicyclic) bond motifs is 3. The first-order chi connectivity index (χ1) is 9.46. The highest BCUT2D eigenvalue weighted by molar-refractivity contribution is 5.79. The molecule has 0 aliphatic heterocycles. The highest BCUT2D eigenvalue weighted by Crippen LogP contribution is 2.70. The first-order valence-corrected chi connectivity index (χ1v) is 7.37. The molecule has 102 valence electrons. The van der Waals surface area contributed by atoms with Gasteiger partial charge in [0.05, 0.1) is 5.60 Å². The van der Waals surface area contributed by atoms with E-state index in [1.54, 1.807) is 0 Å². The lowest BCUT2D eigenvalue weighted by Crippen LogP contribution is -2.11. The molecule has 2 aliphatic rings. The van der Waals surface area contributed by atoms with Crippen molar-refractivity contribution in [2.24, 2.45) is 11.3 Å². The first-order valence-electron chi connectivity index (χ1n) is 7.37. The van der Waals surface area contributed by atoms with Crippen LogP contribution in [0.3, 0.4) is 0 Å². The maximum Gasteiger partial charge on any atom is 0.0717 e. The maximum absolute atomic E-state index is 10.7. The van der Waals surface area contributed by atoms with Gasteiger partial charge in [0.25, 0.3) is 0 Å². The molecule has 2 atom stereocenters. The van der Waals surface area contributed by atoms with Gasteiger partial charge in [-0.25, -0.2) is 0 Å². The lowest BCUT2D eigenvalue weighted by Gasteiger charge is -2.15. The van der Waals surface area contributed by atoms with Crippen LogP contribution in [0, 0.1) is 11.3 Å². The molecule has 1 nitrogen and oxygen atoms in total. The van der Waals surface area contributed by atoms with E-state index in [9.17, 15) is 5.11 Å². The van der Waals surface area contributed by atoms with Crippen molar-refractivity contribution >= 4 is 0 Å². The summed E-state index contributed by atoms with van der Waals surface area (Å²) in [6.07, 6.45) is 0. The van der Waals surface area contributed by atoms with Gasteiger partial charge >= 0.3 is 0 Å². The lowest BCUT2D eigenvalue weighted by molar-refractivity contribution is 0.120. The lowest BCUT2D eigenvalue weighted by atomic mass is 9.88. The third kappa shape index (κ3) is 1.27. The van der Waals surface area contributed by atoms with E-state index in [-0.39, 0.29) is 5.41 Å². The van der Waals surface area contributed by atoms with Crippen molar-refractivity contribution in [3.8, 4) is 11.1 Å². The second-order valence-corrected chi connectivity index (χ2v) is 7.00. The third-order valence-electron chi connectivity index (χ3n) is 5.82. The molecule has 20 heavy (non-hydrogen) atoms. The fourth-order valence-corrected chi connectivity index (χ4v) is 4.30. The van der Waals surface area contributed by atoms with Crippen molar-refractivity contribution in [3.05, 3.63) is 59.7 Å². The van der Waals surface area contributed by atoms with Crippen molar-refractivity contribution < 1.29 is 5.11 Å². The van der Waals surface area contributed by atoms with E-state index in [2.05, 4.69) is 62.4 Å². The zero-order chi connectivity index (χ0) is 14.1. The molecular weight excluding hydrogens is 244 g/mol. The van der Waals surface area contributed by atoms with Crippen LogP contribution in [-0.2, 0) is 0 Å². The van der Waals surface area contributed by atoms with Gasteiger partial charge in [0.15, 0.2) is 0 Å². The molecule has 2 aliphatic carbocycles. The molecule has 0 amide bonds. The minimum absolute atomic E-state index is 0.0256. The van der Waals surface area contributed by atoms with Gasteiger partial charge in [-0.15, -0.1) is 0 Å². The third-order valence-corrected chi connectivity index (χ3v) is 5.82. The van der Waals surface area contributed by atoms with Crippen LogP contribution in [-0.4, -0.2) is 10.7 Å². The van der Waals surface area contributed by atoms with E-state index in [0.29, 0.717) is 11.8 Å². The fraction of sp³-hybridized carbons (Fsp3) is 0.368. The number of aliphatic hydroxyl groups is 1. The molecule has 0 unspecified atom stereocenters. The van der Waals surface area contributed by atoms with Gasteiger partial charge in [-0.1, -0.05) is 62.4 Å². The summed E-state index contributed by atoms with van der Waals surface area (Å²) in [6.45, 7) is 6.35. The predicted octanol–water partition coefficient (Wildman–Crippen LogP) is 4.21. The van der Waals surface area contributed by atoms with Crippen LogP contribution in [0.25, 0.3) is 11.1 Å². The monoisotopic (exact) mass is 264 g/mol. The van der Waals surface area contributed by atoms with Gasteiger partial charge < -0.3 is 5.11 Å². The van der Waals surface area contributed by atoms with E-state index in [1.165, 1.54) is 22.3 Å². The molecule has 1 heteroatoms. The Balaban J connectivity index is 1.94. The molecule has 1 fully saturated rings. The van der Waals surface area contributed by atoms with Crippen molar-refractivity contribution in [2.45, 2.75) is 32.3 Å². The molecule has 2 aromatic carbocycles. The number of benzene rings is 2. The van der Waals surface area contributed by atoms with E-state index in [0.717, 1.165) is 0 Å². The standard InChI is InChI=1S/C19H20O/c1-18(2)17(19(18,3)20)16-14-10-6-4-8-12(14)13-9-5-7-11-15(13)16/h4-11,16-17,20H,1-3H3/t17-,19+/m0/s1. The summed E-state index contributed by atoms with van der Waals surface area (Å²) in [6, 6.07) is 17.3. The summed E-state index contributed by atoms with van der Waals surface area (Å²) in [7, 11) is 0. The Morgan fingerprint density at radius 2 is 1.20 bits per heavy atom. The normalized spacial score (nSPS) is 29.9. The van der Waals surface area contributed by atoms with Crippen LogP contribution in [0.15, 0.2) is 48.5 Å². The van der Waals surface area contributed by atoms with Gasteiger partial charge in [-0.05, 0) is 29.2 Å². The molecule has 0 spiro atoms. The summed E-state index contributed by atoms with van der Waals surface area (Å²) >= 11 is 0. The smallest absolute Gasteiger partial charge is 0.0717 e. The highest BCUT2D eigenvalue weighted by atomic mass is 16.3. The van der Waals surface area contributed by atoms with Crippen molar-refractivity contribution in [1.29, 1.82) is 0 Å². The molecule has 4 rings (SSSR count). The van der Waals surface area contributed by atoms with Gasteiger partial charge in [0.1, 0.15) is 0 Å². The van der Waals surface area contributed by atoms with Crippen molar-refractivity contribution in [3.63, 3.8) is 0 Å². The fourth-order valence-electron chi connectivity index (χ4n) is 4.30. The highest BCUT2D eigenvalue weighted by Gasteiger charge is 2.70. The second kappa shape index (κ2) is 3.53. The molecule has 0 heterocycles. The van der Waals surface area contributed by atoms with Gasteiger partial charge in [-0.2, -0.15) is 0 Å². The van der Waals surface area contributed by atoms with Crippen molar-refractivity contribution in [1.82, 2.24) is 0 Å². The molecular formula is C19H20O. The van der Waals surface area contributed by atoms with Gasteiger partial charge in [0.2, 0.25) is 0 Å². The molecule has 1 N–H and O–H groups in total. The molecule has 0 aromatic heterocycles. The maximum atomic E-state index is 10.7. The minimum Gasteiger partial charge on any atom is -0.389 e. The van der Waals surface area contributed by atoms with Crippen LogP contribution in [0.5, 0.6) is 0 Å². The Labute approximate surface area is 120 Å². The predicted molar refractivity (Wildman–Crippen MR) is 81.6 cm³/mol. The van der Waals surface area contributed by atoms with Crippen LogP contribution in [0.2, 0.25) is 0 Å². The van der Waals surface area contributed by atoms with Crippen LogP contribution in [0.1, 0.15) is 37.8 Å². The average Bonchev–Trinajstić information content (AvgIpc) is 2.71. The van der Waals surface area contributed by atoms with Gasteiger partial charge in [0, 0.05) is 17.3 Å². The minimum atomic E-state index is -0.581. The van der Waals surface area contributed by atoms with E-state index < -0.39 is 5.60 Å². The van der Waals surface area contributed by atoms with Crippen LogP contribution >= 0.6 is 0 Å². The number of rotatable bonds is 1. The Morgan fingerprint density at radius 1 is 0.800 bits per heavy atom. The second-order valence-electron chi connectivity index (χ2n) is 7.00. The SMILES string of the molecule is CC1(C)[C@H](C2c3ccccc3-c3ccccc32)[C@@]1(C)O. The van der Waals surface area contributed by atoms with E-state index in [1.807, 2.05) is 6.92 Å². The number of hydrogen-bond donors (Lipinski definition) is 1. The molecule has 1 saturated carbocycles. The first kappa shape index (κ1) is 12.2. The summed E-state index contributed by atoms with van der Waals surface area (Å²) in [5.74, 6) is 0.618.